The molecule has 0 bridgehead atoms. The number of hydrogen-bond acceptors (Lipinski definition) is 4. The lowest BCUT2D eigenvalue weighted by Crippen LogP contribution is -2.16. The van der Waals surface area contributed by atoms with Gasteiger partial charge in [-0.2, -0.15) is 0 Å². The summed E-state index contributed by atoms with van der Waals surface area (Å²) in [5.41, 5.74) is 5.58. The number of carbonyl (C=O) groups is 2. The minimum Gasteiger partial charge on any atom is -0.478 e. The molecular weight excluding hydrogens is 212 g/mol. The van der Waals surface area contributed by atoms with Gasteiger partial charge in [0.1, 0.15) is 11.4 Å². The third kappa shape index (κ3) is 1.81. The zero-order valence-electron chi connectivity index (χ0n) is 8.94. The number of pyridine rings is 1. The van der Waals surface area contributed by atoms with E-state index in [-0.39, 0.29) is 11.4 Å². The van der Waals surface area contributed by atoms with Gasteiger partial charge in [0.25, 0.3) is 0 Å². The van der Waals surface area contributed by atoms with Crippen LogP contribution in [0.25, 0.3) is 0 Å². The highest BCUT2D eigenvalue weighted by molar-refractivity contribution is 6.05. The maximum absolute atomic E-state index is 11.0. The van der Waals surface area contributed by atoms with Gasteiger partial charge in [0.2, 0.25) is 0 Å². The molecule has 0 aliphatic heterocycles. The van der Waals surface area contributed by atoms with Gasteiger partial charge in [0.15, 0.2) is 0 Å². The molecule has 6 heteroatoms. The summed E-state index contributed by atoms with van der Waals surface area (Å²) < 4.78 is 0. The SMILES string of the molecule is CCc1nc(N)c(C(=O)O)c(C(=O)O)c1C. The van der Waals surface area contributed by atoms with E-state index in [1.165, 1.54) is 6.92 Å². The molecule has 0 unspecified atom stereocenters. The molecule has 4 N–H and O–H groups in total. The molecular formula is C10H12N2O4. The number of hydrogen-bond donors (Lipinski definition) is 3. The maximum atomic E-state index is 11.0. The molecule has 0 aromatic carbocycles. The Kier molecular flexibility index (Phi) is 3.12. The molecule has 0 spiro atoms. The Hall–Kier alpha value is -2.11. The van der Waals surface area contributed by atoms with Crippen molar-refractivity contribution in [2.75, 3.05) is 5.73 Å². The van der Waals surface area contributed by atoms with Crippen molar-refractivity contribution in [3.05, 3.63) is 22.4 Å². The van der Waals surface area contributed by atoms with Gasteiger partial charge in [-0.25, -0.2) is 14.6 Å². The Labute approximate surface area is 91.7 Å². The third-order valence-electron chi connectivity index (χ3n) is 2.33. The van der Waals surface area contributed by atoms with Crippen molar-refractivity contribution in [3.63, 3.8) is 0 Å². The number of anilines is 1. The molecule has 0 radical (unpaired) electrons. The second kappa shape index (κ2) is 4.18. The van der Waals surface area contributed by atoms with Crippen LogP contribution in [0.1, 0.15) is 38.9 Å². The highest BCUT2D eigenvalue weighted by Crippen LogP contribution is 2.22. The number of nitrogen functional groups attached to an aromatic ring is 1. The number of aromatic nitrogens is 1. The van der Waals surface area contributed by atoms with Crippen LogP contribution in [0, 0.1) is 6.92 Å². The van der Waals surface area contributed by atoms with Gasteiger partial charge in [0, 0.05) is 5.69 Å². The van der Waals surface area contributed by atoms with E-state index in [1.807, 2.05) is 0 Å². The monoisotopic (exact) mass is 224 g/mol. The predicted octanol–water partition coefficient (Wildman–Crippen LogP) is 0.931. The van der Waals surface area contributed by atoms with Crippen LogP contribution in [0.3, 0.4) is 0 Å². The van der Waals surface area contributed by atoms with Crippen molar-refractivity contribution in [1.82, 2.24) is 4.98 Å². The maximum Gasteiger partial charge on any atom is 0.340 e. The van der Waals surface area contributed by atoms with Gasteiger partial charge in [-0.3, -0.25) is 0 Å². The van der Waals surface area contributed by atoms with Gasteiger partial charge in [0.05, 0.1) is 5.56 Å². The number of nitrogens with zero attached hydrogens (tertiary/aromatic N) is 1. The molecule has 16 heavy (non-hydrogen) atoms. The van der Waals surface area contributed by atoms with Crippen LogP contribution in [0.15, 0.2) is 0 Å². The number of aryl methyl sites for hydroxylation is 1. The summed E-state index contributed by atoms with van der Waals surface area (Å²) in [6.07, 6.45) is 0.496. The van der Waals surface area contributed by atoms with E-state index in [0.717, 1.165) is 0 Å². The Morgan fingerprint density at radius 1 is 1.25 bits per heavy atom. The first kappa shape index (κ1) is 12.0. The van der Waals surface area contributed by atoms with Crippen LogP contribution in [-0.2, 0) is 6.42 Å². The Bertz CT molecular complexity index is 468. The van der Waals surface area contributed by atoms with Crippen LogP contribution in [-0.4, -0.2) is 27.1 Å². The summed E-state index contributed by atoms with van der Waals surface area (Å²) in [5, 5.41) is 17.9. The number of carboxylic acids is 2. The Morgan fingerprint density at radius 2 is 1.75 bits per heavy atom. The van der Waals surface area contributed by atoms with Crippen molar-refractivity contribution in [3.8, 4) is 0 Å². The van der Waals surface area contributed by atoms with E-state index in [1.54, 1.807) is 6.92 Å². The highest BCUT2D eigenvalue weighted by Gasteiger charge is 2.24. The molecule has 0 amide bonds. The van der Waals surface area contributed by atoms with Crippen molar-refractivity contribution < 1.29 is 19.8 Å². The van der Waals surface area contributed by atoms with E-state index in [9.17, 15) is 9.59 Å². The van der Waals surface area contributed by atoms with Gasteiger partial charge >= 0.3 is 11.9 Å². The summed E-state index contributed by atoms with van der Waals surface area (Å²) >= 11 is 0. The molecule has 0 aliphatic carbocycles. The zero-order chi connectivity index (χ0) is 12.5. The molecule has 0 saturated carbocycles. The van der Waals surface area contributed by atoms with Crippen LogP contribution in [0.4, 0.5) is 5.82 Å². The van der Waals surface area contributed by atoms with E-state index in [2.05, 4.69) is 4.98 Å². The average Bonchev–Trinajstić information content (AvgIpc) is 2.19. The Morgan fingerprint density at radius 3 is 2.12 bits per heavy atom. The minimum atomic E-state index is -1.38. The van der Waals surface area contributed by atoms with Crippen LogP contribution < -0.4 is 5.73 Å². The molecule has 1 aromatic heterocycles. The van der Waals surface area contributed by atoms with E-state index < -0.39 is 17.5 Å². The van der Waals surface area contributed by atoms with Crippen molar-refractivity contribution >= 4 is 17.8 Å². The second-order valence-electron chi connectivity index (χ2n) is 3.28. The lowest BCUT2D eigenvalue weighted by atomic mass is 10.00. The van der Waals surface area contributed by atoms with Crippen molar-refractivity contribution in [2.24, 2.45) is 0 Å². The third-order valence-corrected chi connectivity index (χ3v) is 2.33. The van der Waals surface area contributed by atoms with E-state index >= 15 is 0 Å². The first-order valence-corrected chi connectivity index (χ1v) is 4.65. The lowest BCUT2D eigenvalue weighted by Gasteiger charge is -2.11. The molecule has 0 fully saturated rings. The lowest BCUT2D eigenvalue weighted by molar-refractivity contribution is 0.0651. The molecule has 6 nitrogen and oxygen atoms in total. The minimum absolute atomic E-state index is 0.257. The summed E-state index contributed by atoms with van der Waals surface area (Å²) in [5.74, 6) is -2.95. The fraction of sp³-hybridized carbons (Fsp3) is 0.300. The van der Waals surface area contributed by atoms with Crippen molar-refractivity contribution in [2.45, 2.75) is 20.3 Å². The van der Waals surface area contributed by atoms with Gasteiger partial charge in [-0.05, 0) is 18.9 Å². The largest absolute Gasteiger partial charge is 0.478 e. The number of aromatic carboxylic acids is 2. The molecule has 1 rings (SSSR count). The zero-order valence-corrected chi connectivity index (χ0v) is 8.94. The van der Waals surface area contributed by atoms with Crippen molar-refractivity contribution in [1.29, 1.82) is 0 Å². The molecule has 0 aliphatic rings. The summed E-state index contributed by atoms with van der Waals surface area (Å²) in [6, 6.07) is 0. The number of nitrogens with two attached hydrogens (primary N) is 1. The average molecular weight is 224 g/mol. The van der Waals surface area contributed by atoms with Gasteiger partial charge in [-0.1, -0.05) is 6.92 Å². The number of rotatable bonds is 3. The quantitative estimate of drug-likeness (QED) is 0.703. The predicted molar refractivity (Wildman–Crippen MR) is 56.7 cm³/mol. The van der Waals surface area contributed by atoms with Crippen LogP contribution in [0.5, 0.6) is 0 Å². The van der Waals surface area contributed by atoms with Gasteiger partial charge < -0.3 is 15.9 Å². The standard InChI is InChI=1S/C10H12N2O4/c1-3-5-4(2)6(9(13)14)7(10(15)16)8(11)12-5/h3H2,1-2H3,(H2,11,12)(H,13,14)(H,15,16). The second-order valence-corrected chi connectivity index (χ2v) is 3.28. The summed E-state index contributed by atoms with van der Waals surface area (Å²) in [6.45, 7) is 3.32. The summed E-state index contributed by atoms with van der Waals surface area (Å²) in [7, 11) is 0. The normalized spacial score (nSPS) is 10.1. The fourth-order valence-electron chi connectivity index (χ4n) is 1.57. The van der Waals surface area contributed by atoms with Crippen LogP contribution >= 0.6 is 0 Å². The van der Waals surface area contributed by atoms with Gasteiger partial charge in [-0.15, -0.1) is 0 Å². The molecule has 0 atom stereocenters. The Balaban J connectivity index is 3.68. The smallest absolute Gasteiger partial charge is 0.340 e. The summed E-state index contributed by atoms with van der Waals surface area (Å²) in [4.78, 5) is 25.8. The molecule has 1 heterocycles. The van der Waals surface area contributed by atoms with E-state index in [4.69, 9.17) is 15.9 Å². The molecule has 86 valence electrons. The molecule has 1 aromatic rings. The van der Waals surface area contributed by atoms with E-state index in [0.29, 0.717) is 17.7 Å². The topological polar surface area (TPSA) is 114 Å². The first-order chi connectivity index (χ1) is 7.40. The highest BCUT2D eigenvalue weighted by atomic mass is 16.4. The van der Waals surface area contributed by atoms with Crippen LogP contribution in [0.2, 0.25) is 0 Å². The molecule has 0 saturated heterocycles. The number of carboxylic acid groups (broad SMARTS) is 2. The fourth-order valence-corrected chi connectivity index (χ4v) is 1.57. The first-order valence-electron chi connectivity index (χ1n) is 4.65.